The van der Waals surface area contributed by atoms with Gasteiger partial charge < -0.3 is 15.0 Å². The molecule has 2 aromatic carbocycles. The molecule has 1 fully saturated rings. The van der Waals surface area contributed by atoms with E-state index >= 15 is 0 Å². The first-order chi connectivity index (χ1) is 14.0. The van der Waals surface area contributed by atoms with E-state index in [9.17, 15) is 14.0 Å². The van der Waals surface area contributed by atoms with Gasteiger partial charge in [0.1, 0.15) is 11.6 Å². The van der Waals surface area contributed by atoms with Gasteiger partial charge in [0.05, 0.1) is 13.2 Å². The second kappa shape index (κ2) is 9.52. The van der Waals surface area contributed by atoms with Crippen LogP contribution >= 0.6 is 0 Å². The van der Waals surface area contributed by atoms with E-state index in [-0.39, 0.29) is 23.7 Å². The molecule has 1 heterocycles. The zero-order valence-corrected chi connectivity index (χ0v) is 16.7. The summed E-state index contributed by atoms with van der Waals surface area (Å²) in [7, 11) is 1.57. The first kappa shape index (κ1) is 20.8. The largest absolute Gasteiger partial charge is 0.497 e. The standard InChI is InChI=1S/C22H26FN3O3/c1-16(21(27)24-15-17-6-8-19(23)9-7-17)25-10-12-26(13-11-25)22(28)18-4-3-5-20(14-18)29-2/h3-9,14,16H,10-13,15H2,1-2H3,(H,24,27). The van der Waals surface area contributed by atoms with E-state index in [0.717, 1.165) is 5.56 Å². The summed E-state index contributed by atoms with van der Waals surface area (Å²) >= 11 is 0. The Labute approximate surface area is 170 Å². The molecule has 0 spiro atoms. The van der Waals surface area contributed by atoms with Crippen molar-refractivity contribution < 1.29 is 18.7 Å². The number of amides is 2. The summed E-state index contributed by atoms with van der Waals surface area (Å²) in [6, 6.07) is 12.9. The maximum absolute atomic E-state index is 13.0. The van der Waals surface area contributed by atoms with Crippen LogP contribution in [0.2, 0.25) is 0 Å². The van der Waals surface area contributed by atoms with E-state index < -0.39 is 0 Å². The van der Waals surface area contributed by atoms with Crippen LogP contribution in [0.1, 0.15) is 22.8 Å². The van der Waals surface area contributed by atoms with E-state index in [0.29, 0.717) is 44.0 Å². The predicted molar refractivity (Wildman–Crippen MR) is 108 cm³/mol. The molecule has 2 amide bonds. The number of hydrogen-bond acceptors (Lipinski definition) is 4. The maximum atomic E-state index is 13.0. The Morgan fingerprint density at radius 1 is 1.10 bits per heavy atom. The molecule has 154 valence electrons. The van der Waals surface area contributed by atoms with E-state index in [4.69, 9.17) is 4.74 Å². The molecule has 3 rings (SSSR count). The third kappa shape index (κ3) is 5.32. The fourth-order valence-electron chi connectivity index (χ4n) is 3.36. The van der Waals surface area contributed by atoms with Crippen LogP contribution in [0, 0.1) is 5.82 Å². The van der Waals surface area contributed by atoms with Gasteiger partial charge in [0.25, 0.3) is 5.91 Å². The minimum atomic E-state index is -0.301. The van der Waals surface area contributed by atoms with Crippen LogP contribution in [0.15, 0.2) is 48.5 Å². The number of hydrogen-bond donors (Lipinski definition) is 1. The Morgan fingerprint density at radius 2 is 1.79 bits per heavy atom. The number of rotatable bonds is 6. The smallest absolute Gasteiger partial charge is 0.254 e. The Bertz CT molecular complexity index is 849. The average Bonchev–Trinajstić information content (AvgIpc) is 2.77. The van der Waals surface area contributed by atoms with Gasteiger partial charge in [-0.05, 0) is 42.8 Å². The Kier molecular flexibility index (Phi) is 6.82. The minimum Gasteiger partial charge on any atom is -0.497 e. The normalized spacial score (nSPS) is 15.6. The van der Waals surface area contributed by atoms with E-state index in [1.54, 1.807) is 48.4 Å². The summed E-state index contributed by atoms with van der Waals surface area (Å²) in [5, 5.41) is 2.89. The van der Waals surface area contributed by atoms with Crippen molar-refractivity contribution in [1.29, 1.82) is 0 Å². The third-order valence-electron chi connectivity index (χ3n) is 5.23. The Hall–Kier alpha value is -2.93. The second-order valence-electron chi connectivity index (χ2n) is 7.08. The summed E-state index contributed by atoms with van der Waals surface area (Å²) in [4.78, 5) is 29.0. The molecule has 2 aromatic rings. The molecule has 1 aliphatic rings. The minimum absolute atomic E-state index is 0.0306. The topological polar surface area (TPSA) is 61.9 Å². The van der Waals surface area contributed by atoms with E-state index in [2.05, 4.69) is 10.2 Å². The molecule has 1 atom stereocenters. The number of piperazine rings is 1. The lowest BCUT2D eigenvalue weighted by atomic mass is 10.1. The Balaban J connectivity index is 1.49. The maximum Gasteiger partial charge on any atom is 0.254 e. The summed E-state index contributed by atoms with van der Waals surface area (Å²) < 4.78 is 18.1. The lowest BCUT2D eigenvalue weighted by Crippen LogP contribution is -2.54. The summed E-state index contributed by atoms with van der Waals surface area (Å²) in [6.45, 7) is 4.59. The van der Waals surface area contributed by atoms with Gasteiger partial charge in [0, 0.05) is 38.3 Å². The van der Waals surface area contributed by atoms with Crippen molar-refractivity contribution in [3.63, 3.8) is 0 Å². The van der Waals surface area contributed by atoms with Crippen LogP contribution in [-0.2, 0) is 11.3 Å². The number of nitrogens with one attached hydrogen (secondary N) is 1. The lowest BCUT2D eigenvalue weighted by Gasteiger charge is -2.37. The molecule has 0 radical (unpaired) electrons. The molecule has 0 aliphatic carbocycles. The van der Waals surface area contributed by atoms with Gasteiger partial charge in [0.15, 0.2) is 0 Å². The van der Waals surface area contributed by atoms with Crippen molar-refractivity contribution in [2.24, 2.45) is 0 Å². The molecule has 0 bridgehead atoms. The van der Waals surface area contributed by atoms with Crippen molar-refractivity contribution in [1.82, 2.24) is 15.1 Å². The highest BCUT2D eigenvalue weighted by atomic mass is 19.1. The molecule has 1 aliphatic heterocycles. The van der Waals surface area contributed by atoms with Gasteiger partial charge in [-0.2, -0.15) is 0 Å². The molecule has 1 unspecified atom stereocenters. The SMILES string of the molecule is COc1cccc(C(=O)N2CCN(C(C)C(=O)NCc3ccc(F)cc3)CC2)c1. The van der Waals surface area contributed by atoms with Crippen molar-refractivity contribution in [3.8, 4) is 5.75 Å². The van der Waals surface area contributed by atoms with Crippen LogP contribution in [0.3, 0.4) is 0 Å². The molecule has 29 heavy (non-hydrogen) atoms. The van der Waals surface area contributed by atoms with Crippen LogP contribution in [0.5, 0.6) is 5.75 Å². The molecule has 0 aromatic heterocycles. The third-order valence-corrected chi connectivity index (χ3v) is 5.23. The summed E-state index contributed by atoms with van der Waals surface area (Å²) in [5.41, 5.74) is 1.45. The number of nitrogens with zero attached hydrogens (tertiary/aromatic N) is 2. The number of ether oxygens (including phenoxy) is 1. The fraction of sp³-hybridized carbons (Fsp3) is 0.364. The monoisotopic (exact) mass is 399 g/mol. The zero-order valence-electron chi connectivity index (χ0n) is 16.7. The van der Waals surface area contributed by atoms with E-state index in [1.807, 2.05) is 6.92 Å². The summed E-state index contributed by atoms with van der Waals surface area (Å²) in [6.07, 6.45) is 0. The lowest BCUT2D eigenvalue weighted by molar-refractivity contribution is -0.126. The highest BCUT2D eigenvalue weighted by molar-refractivity contribution is 5.94. The first-order valence-corrected chi connectivity index (χ1v) is 9.67. The zero-order chi connectivity index (χ0) is 20.8. The number of halogens is 1. The van der Waals surface area contributed by atoms with Gasteiger partial charge in [0.2, 0.25) is 5.91 Å². The average molecular weight is 399 g/mol. The highest BCUT2D eigenvalue weighted by Gasteiger charge is 2.27. The number of methoxy groups -OCH3 is 1. The second-order valence-corrected chi connectivity index (χ2v) is 7.08. The predicted octanol–water partition coefficient (Wildman–Crippen LogP) is 2.30. The molecule has 6 nitrogen and oxygen atoms in total. The van der Waals surface area contributed by atoms with Crippen LogP contribution < -0.4 is 10.1 Å². The molecule has 1 saturated heterocycles. The van der Waals surface area contributed by atoms with Gasteiger partial charge in [-0.15, -0.1) is 0 Å². The van der Waals surface area contributed by atoms with Crippen molar-refractivity contribution in [2.75, 3.05) is 33.3 Å². The molecular formula is C22H26FN3O3. The molecule has 0 saturated carbocycles. The van der Waals surface area contributed by atoms with Crippen LogP contribution in [0.4, 0.5) is 4.39 Å². The van der Waals surface area contributed by atoms with Crippen molar-refractivity contribution in [2.45, 2.75) is 19.5 Å². The fourth-order valence-corrected chi connectivity index (χ4v) is 3.36. The highest BCUT2D eigenvalue weighted by Crippen LogP contribution is 2.16. The van der Waals surface area contributed by atoms with Gasteiger partial charge >= 0.3 is 0 Å². The molecule has 1 N–H and O–H groups in total. The first-order valence-electron chi connectivity index (χ1n) is 9.67. The van der Waals surface area contributed by atoms with Crippen molar-refractivity contribution in [3.05, 3.63) is 65.5 Å². The molecule has 7 heteroatoms. The van der Waals surface area contributed by atoms with Crippen molar-refractivity contribution >= 4 is 11.8 Å². The number of carbonyl (C=O) groups is 2. The van der Waals surface area contributed by atoms with Gasteiger partial charge in [-0.3, -0.25) is 14.5 Å². The quantitative estimate of drug-likeness (QED) is 0.810. The molecular weight excluding hydrogens is 373 g/mol. The summed E-state index contributed by atoms with van der Waals surface area (Å²) in [5.74, 6) is 0.245. The number of carbonyl (C=O) groups excluding carboxylic acids is 2. The van der Waals surface area contributed by atoms with Crippen LogP contribution in [0.25, 0.3) is 0 Å². The van der Waals surface area contributed by atoms with Crippen LogP contribution in [-0.4, -0.2) is 60.9 Å². The number of benzene rings is 2. The van der Waals surface area contributed by atoms with Gasteiger partial charge in [-0.1, -0.05) is 18.2 Å². The Morgan fingerprint density at radius 3 is 2.45 bits per heavy atom. The van der Waals surface area contributed by atoms with Gasteiger partial charge in [-0.25, -0.2) is 4.39 Å². The van der Waals surface area contributed by atoms with E-state index in [1.165, 1.54) is 12.1 Å².